The molecule has 2 amide bonds. The fraction of sp³-hybridized carbons (Fsp3) is 0.353. The van der Waals surface area contributed by atoms with E-state index in [1.165, 1.54) is 0 Å². The summed E-state index contributed by atoms with van der Waals surface area (Å²) in [5, 5.41) is 9.43. The first-order chi connectivity index (χ1) is 10.9. The monoisotopic (exact) mass is 315 g/mol. The van der Waals surface area contributed by atoms with Gasteiger partial charge in [-0.15, -0.1) is 0 Å². The topological polar surface area (TPSA) is 84.2 Å². The van der Waals surface area contributed by atoms with Gasteiger partial charge < -0.3 is 15.2 Å². The largest absolute Gasteiger partial charge is 0.361 e. The highest BCUT2D eigenvalue weighted by Gasteiger charge is 2.16. The quantitative estimate of drug-likeness (QED) is 0.888. The van der Waals surface area contributed by atoms with Gasteiger partial charge >= 0.3 is 0 Å². The number of nitrogens with one attached hydrogen (secondary N) is 2. The maximum Gasteiger partial charge on any atom is 0.257 e. The van der Waals surface area contributed by atoms with Crippen molar-refractivity contribution in [1.82, 2.24) is 10.5 Å². The number of carbonyl (C=O) groups is 2. The summed E-state index contributed by atoms with van der Waals surface area (Å²) in [6.07, 6.45) is 0. The average molecular weight is 315 g/mol. The molecule has 2 rings (SSSR count). The van der Waals surface area contributed by atoms with E-state index in [2.05, 4.69) is 15.8 Å². The van der Waals surface area contributed by atoms with Gasteiger partial charge in [-0.1, -0.05) is 31.1 Å². The molecule has 0 aliphatic carbocycles. The van der Waals surface area contributed by atoms with Gasteiger partial charge in [0, 0.05) is 18.2 Å². The number of hydrogen-bond donors (Lipinski definition) is 2. The Labute approximate surface area is 135 Å². The minimum absolute atomic E-state index is 0.0236. The highest BCUT2D eigenvalue weighted by molar-refractivity contribution is 5.96. The zero-order valence-corrected chi connectivity index (χ0v) is 13.8. The molecule has 1 aromatic carbocycles. The van der Waals surface area contributed by atoms with Crippen LogP contribution in [0.1, 0.15) is 41.2 Å². The molecule has 0 saturated carbocycles. The van der Waals surface area contributed by atoms with Crippen LogP contribution >= 0.6 is 0 Å². The molecule has 0 saturated heterocycles. The van der Waals surface area contributed by atoms with Crippen molar-refractivity contribution in [1.29, 1.82) is 0 Å². The predicted octanol–water partition coefficient (Wildman–Crippen LogP) is 2.82. The minimum atomic E-state index is -0.210. The highest BCUT2D eigenvalue weighted by Crippen LogP contribution is 2.13. The van der Waals surface area contributed by atoms with Crippen LogP contribution < -0.4 is 10.6 Å². The summed E-state index contributed by atoms with van der Waals surface area (Å²) in [7, 11) is 0. The summed E-state index contributed by atoms with van der Waals surface area (Å²) < 4.78 is 4.99. The smallest absolute Gasteiger partial charge is 0.257 e. The van der Waals surface area contributed by atoms with Crippen LogP contribution in [-0.4, -0.2) is 17.0 Å². The van der Waals surface area contributed by atoms with Crippen molar-refractivity contribution in [3.63, 3.8) is 0 Å². The molecule has 0 unspecified atom stereocenters. The van der Waals surface area contributed by atoms with E-state index in [0.29, 0.717) is 23.6 Å². The third kappa shape index (κ3) is 4.18. The van der Waals surface area contributed by atoms with Crippen molar-refractivity contribution in [2.75, 3.05) is 5.32 Å². The van der Waals surface area contributed by atoms with Crippen LogP contribution in [0, 0.1) is 19.8 Å². The van der Waals surface area contributed by atoms with Crippen molar-refractivity contribution < 1.29 is 14.1 Å². The van der Waals surface area contributed by atoms with E-state index in [1.54, 1.807) is 13.8 Å². The molecule has 0 aliphatic heterocycles. The number of amides is 2. The maximum absolute atomic E-state index is 12.1. The Morgan fingerprint density at radius 2 is 1.83 bits per heavy atom. The van der Waals surface area contributed by atoms with Gasteiger partial charge in [-0.25, -0.2) is 0 Å². The van der Waals surface area contributed by atoms with Gasteiger partial charge in [0.15, 0.2) is 0 Å². The summed E-state index contributed by atoms with van der Waals surface area (Å²) in [6.45, 7) is 7.52. The lowest BCUT2D eigenvalue weighted by Crippen LogP contribution is -2.23. The number of nitrogens with zero attached hydrogens (tertiary/aromatic N) is 1. The van der Waals surface area contributed by atoms with Crippen molar-refractivity contribution >= 4 is 17.5 Å². The Balaban J connectivity index is 1.94. The average Bonchev–Trinajstić information content (AvgIpc) is 2.85. The molecule has 6 nitrogen and oxygen atoms in total. The number of hydrogen-bond acceptors (Lipinski definition) is 4. The second-order valence-electron chi connectivity index (χ2n) is 5.72. The number of benzene rings is 1. The molecule has 2 N–H and O–H groups in total. The molecule has 2 aromatic rings. The van der Waals surface area contributed by atoms with Crippen LogP contribution in [0.2, 0.25) is 0 Å². The third-order valence-corrected chi connectivity index (χ3v) is 3.46. The third-order valence-electron chi connectivity index (χ3n) is 3.46. The molecule has 1 heterocycles. The lowest BCUT2D eigenvalue weighted by molar-refractivity contribution is -0.118. The molecular weight excluding hydrogens is 294 g/mol. The molecule has 0 radical (unpaired) electrons. The standard InChI is InChI=1S/C17H21N3O3/c1-10(2)16(21)19-14-7-5-13(6-8-14)9-18-17(22)15-11(3)20-23-12(15)4/h5-8,10H,9H2,1-4H3,(H,18,22)(H,19,21). The molecule has 122 valence electrons. The normalized spacial score (nSPS) is 10.7. The van der Waals surface area contributed by atoms with Gasteiger partial charge in [0.05, 0.1) is 5.69 Å². The van der Waals surface area contributed by atoms with E-state index in [0.717, 1.165) is 11.3 Å². The fourth-order valence-electron chi connectivity index (χ4n) is 2.07. The second kappa shape index (κ2) is 7.09. The van der Waals surface area contributed by atoms with Crippen LogP contribution in [-0.2, 0) is 11.3 Å². The van der Waals surface area contributed by atoms with E-state index in [-0.39, 0.29) is 17.7 Å². The minimum Gasteiger partial charge on any atom is -0.361 e. The molecule has 23 heavy (non-hydrogen) atoms. The molecule has 1 aromatic heterocycles. The van der Waals surface area contributed by atoms with E-state index in [1.807, 2.05) is 38.1 Å². The summed E-state index contributed by atoms with van der Waals surface area (Å²) >= 11 is 0. The summed E-state index contributed by atoms with van der Waals surface area (Å²) in [6, 6.07) is 7.36. The molecule has 0 bridgehead atoms. The van der Waals surface area contributed by atoms with Crippen LogP contribution in [0.25, 0.3) is 0 Å². The Morgan fingerprint density at radius 3 is 2.35 bits per heavy atom. The predicted molar refractivity (Wildman–Crippen MR) is 87.1 cm³/mol. The van der Waals surface area contributed by atoms with Crippen LogP contribution in [0.4, 0.5) is 5.69 Å². The number of aromatic nitrogens is 1. The van der Waals surface area contributed by atoms with Crippen LogP contribution in [0.15, 0.2) is 28.8 Å². The zero-order chi connectivity index (χ0) is 17.0. The lowest BCUT2D eigenvalue weighted by atomic mass is 10.1. The number of carbonyl (C=O) groups excluding carboxylic acids is 2. The van der Waals surface area contributed by atoms with E-state index in [9.17, 15) is 9.59 Å². The number of aryl methyl sites for hydroxylation is 2. The summed E-state index contributed by atoms with van der Waals surface area (Å²) in [5.41, 5.74) is 2.73. The number of anilines is 1. The van der Waals surface area contributed by atoms with Crippen molar-refractivity contribution in [2.45, 2.75) is 34.2 Å². The van der Waals surface area contributed by atoms with Crippen LogP contribution in [0.5, 0.6) is 0 Å². The van der Waals surface area contributed by atoms with Crippen LogP contribution in [0.3, 0.4) is 0 Å². The first-order valence-electron chi connectivity index (χ1n) is 7.49. The Hall–Kier alpha value is -2.63. The van der Waals surface area contributed by atoms with E-state index < -0.39 is 0 Å². The van der Waals surface area contributed by atoms with Crippen molar-refractivity contribution in [2.24, 2.45) is 5.92 Å². The van der Waals surface area contributed by atoms with E-state index in [4.69, 9.17) is 4.52 Å². The Bertz CT molecular complexity index is 683. The van der Waals surface area contributed by atoms with Crippen molar-refractivity contribution in [3.8, 4) is 0 Å². The van der Waals surface area contributed by atoms with Gasteiger partial charge in [0.25, 0.3) is 5.91 Å². The first-order valence-corrected chi connectivity index (χ1v) is 7.49. The van der Waals surface area contributed by atoms with Gasteiger partial charge in [0.1, 0.15) is 11.3 Å². The van der Waals surface area contributed by atoms with Gasteiger partial charge in [-0.2, -0.15) is 0 Å². The molecule has 0 atom stereocenters. The van der Waals surface area contributed by atoms with Gasteiger partial charge in [-0.3, -0.25) is 9.59 Å². The molecule has 0 aliphatic rings. The van der Waals surface area contributed by atoms with Gasteiger partial charge in [0.2, 0.25) is 5.91 Å². The SMILES string of the molecule is Cc1noc(C)c1C(=O)NCc1ccc(NC(=O)C(C)C)cc1. The van der Waals surface area contributed by atoms with Gasteiger partial charge in [-0.05, 0) is 31.5 Å². The Kier molecular flexibility index (Phi) is 5.16. The summed E-state index contributed by atoms with van der Waals surface area (Å²) in [5.74, 6) is 0.207. The van der Waals surface area contributed by atoms with E-state index >= 15 is 0 Å². The molecule has 0 fully saturated rings. The molecule has 0 spiro atoms. The fourth-order valence-corrected chi connectivity index (χ4v) is 2.07. The Morgan fingerprint density at radius 1 is 1.17 bits per heavy atom. The zero-order valence-electron chi connectivity index (χ0n) is 13.8. The molecular formula is C17H21N3O3. The first kappa shape index (κ1) is 16.7. The van der Waals surface area contributed by atoms with Crippen molar-refractivity contribution in [3.05, 3.63) is 46.8 Å². The second-order valence-corrected chi connectivity index (χ2v) is 5.72. The summed E-state index contributed by atoms with van der Waals surface area (Å²) in [4.78, 5) is 23.8. The maximum atomic E-state index is 12.1. The highest BCUT2D eigenvalue weighted by atomic mass is 16.5. The molecule has 6 heteroatoms. The lowest BCUT2D eigenvalue weighted by Gasteiger charge is -2.09. The number of rotatable bonds is 5.